The van der Waals surface area contributed by atoms with Gasteiger partial charge in [-0.1, -0.05) is 18.2 Å². The number of carbonyl (C=O) groups is 1. The van der Waals surface area contributed by atoms with Crippen LogP contribution in [0.1, 0.15) is 43.9 Å². The summed E-state index contributed by atoms with van der Waals surface area (Å²) in [5, 5.41) is 2.87. The zero-order chi connectivity index (χ0) is 22.3. The van der Waals surface area contributed by atoms with Gasteiger partial charge in [0, 0.05) is 30.8 Å². The van der Waals surface area contributed by atoms with Gasteiger partial charge in [-0.3, -0.25) is 4.79 Å². The summed E-state index contributed by atoms with van der Waals surface area (Å²) in [6.07, 6.45) is 4.27. The van der Waals surface area contributed by atoms with E-state index in [0.29, 0.717) is 24.2 Å². The molecule has 3 aromatic rings. The molecule has 1 aliphatic rings. The van der Waals surface area contributed by atoms with E-state index < -0.39 is 0 Å². The molecule has 0 bridgehead atoms. The molecule has 0 spiro atoms. The molecule has 1 aromatic heterocycles. The number of hydrogen-bond acceptors (Lipinski definition) is 5. The zero-order valence-corrected chi connectivity index (χ0v) is 18.4. The summed E-state index contributed by atoms with van der Waals surface area (Å²) in [7, 11) is 0. The first kappa shape index (κ1) is 21.7. The molecule has 6 heteroatoms. The monoisotopic (exact) mass is 432 g/mol. The fraction of sp³-hybridized carbons (Fsp3) is 0.308. The van der Waals surface area contributed by atoms with E-state index in [1.165, 1.54) is 19.8 Å². The predicted molar refractivity (Wildman–Crippen MR) is 122 cm³/mol. The van der Waals surface area contributed by atoms with Crippen molar-refractivity contribution in [2.45, 2.75) is 39.3 Å². The molecule has 0 radical (unpaired) electrons. The first-order chi connectivity index (χ1) is 15.5. The van der Waals surface area contributed by atoms with E-state index in [1.807, 2.05) is 67.6 Å². The van der Waals surface area contributed by atoms with Crippen LogP contribution in [0.15, 0.2) is 66.9 Å². The quantitative estimate of drug-likeness (QED) is 0.462. The molecule has 1 heterocycles. The number of pyridine rings is 1. The van der Waals surface area contributed by atoms with Gasteiger partial charge in [0.05, 0.1) is 12.6 Å². The summed E-state index contributed by atoms with van der Waals surface area (Å²) in [5.41, 5.74) is 1.97. The van der Waals surface area contributed by atoms with Crippen molar-refractivity contribution in [3.8, 4) is 23.1 Å². The Morgan fingerprint density at radius 1 is 1.03 bits per heavy atom. The molecule has 1 fully saturated rings. The molecular formula is C26H28N2O4. The van der Waals surface area contributed by atoms with Crippen LogP contribution in [0.5, 0.6) is 23.1 Å². The highest BCUT2D eigenvalue weighted by atomic mass is 16.5. The smallest absolute Gasteiger partial charge is 0.219 e. The second-order valence-corrected chi connectivity index (χ2v) is 8.12. The maximum Gasteiger partial charge on any atom is 0.219 e. The molecule has 1 unspecified atom stereocenters. The minimum atomic E-state index is -0.0487. The number of amides is 1. The van der Waals surface area contributed by atoms with Crippen molar-refractivity contribution in [1.29, 1.82) is 0 Å². The second kappa shape index (κ2) is 10.2. The standard InChI is InChI=1S/C26H28N2O4/c1-18(28-19(2)29)22-9-11-23(12-10-22)30-17-21-8-13-26(27-15-21)32-25-5-3-4-24(14-25)31-16-20-6-7-20/h3-5,8-15,18,20H,6-7,16-17H2,1-2H3,(H,28,29). The van der Waals surface area contributed by atoms with Crippen molar-refractivity contribution >= 4 is 5.91 Å². The summed E-state index contributed by atoms with van der Waals surface area (Å²) in [4.78, 5) is 15.6. The normalized spacial score (nSPS) is 13.8. The van der Waals surface area contributed by atoms with Crippen LogP contribution < -0.4 is 19.5 Å². The van der Waals surface area contributed by atoms with E-state index in [2.05, 4.69) is 10.3 Å². The van der Waals surface area contributed by atoms with Gasteiger partial charge in [0.1, 0.15) is 23.9 Å². The van der Waals surface area contributed by atoms with Crippen molar-refractivity contribution in [2.24, 2.45) is 5.92 Å². The number of nitrogens with zero attached hydrogens (tertiary/aromatic N) is 1. The fourth-order valence-electron chi connectivity index (χ4n) is 3.21. The van der Waals surface area contributed by atoms with Gasteiger partial charge in [-0.2, -0.15) is 0 Å². The Balaban J connectivity index is 1.27. The van der Waals surface area contributed by atoms with Gasteiger partial charge in [0.2, 0.25) is 11.8 Å². The number of ether oxygens (including phenoxy) is 3. The molecule has 4 rings (SSSR count). The van der Waals surface area contributed by atoms with Crippen LogP contribution in [0.4, 0.5) is 0 Å². The number of aromatic nitrogens is 1. The first-order valence-corrected chi connectivity index (χ1v) is 10.9. The van der Waals surface area contributed by atoms with Crippen molar-refractivity contribution in [2.75, 3.05) is 6.61 Å². The summed E-state index contributed by atoms with van der Waals surface area (Å²) in [6, 6.07) is 19.1. The summed E-state index contributed by atoms with van der Waals surface area (Å²) < 4.78 is 17.5. The van der Waals surface area contributed by atoms with Crippen LogP contribution in [0.2, 0.25) is 0 Å². The summed E-state index contributed by atoms with van der Waals surface area (Å²) >= 11 is 0. The van der Waals surface area contributed by atoms with E-state index in [0.717, 1.165) is 29.2 Å². The zero-order valence-electron chi connectivity index (χ0n) is 18.4. The Morgan fingerprint density at radius 3 is 2.50 bits per heavy atom. The van der Waals surface area contributed by atoms with Crippen LogP contribution in [-0.2, 0) is 11.4 Å². The molecule has 2 aromatic carbocycles. The fourth-order valence-corrected chi connectivity index (χ4v) is 3.21. The highest BCUT2D eigenvalue weighted by molar-refractivity contribution is 5.73. The predicted octanol–water partition coefficient (Wildman–Crippen LogP) is 5.44. The molecule has 0 saturated heterocycles. The number of rotatable bonds is 10. The number of hydrogen-bond donors (Lipinski definition) is 1. The largest absolute Gasteiger partial charge is 0.493 e. The average molecular weight is 433 g/mol. The van der Waals surface area contributed by atoms with Gasteiger partial charge >= 0.3 is 0 Å². The molecule has 0 aliphatic heterocycles. The number of carbonyl (C=O) groups excluding carboxylic acids is 1. The van der Waals surface area contributed by atoms with E-state index in [9.17, 15) is 4.79 Å². The van der Waals surface area contributed by atoms with Gasteiger partial charge in [0.25, 0.3) is 0 Å². The molecule has 6 nitrogen and oxygen atoms in total. The van der Waals surface area contributed by atoms with Crippen LogP contribution >= 0.6 is 0 Å². The van der Waals surface area contributed by atoms with Crippen molar-refractivity contribution in [1.82, 2.24) is 10.3 Å². The van der Waals surface area contributed by atoms with E-state index >= 15 is 0 Å². The SMILES string of the molecule is CC(=O)NC(C)c1ccc(OCc2ccc(Oc3cccc(OCC4CC4)c3)nc2)cc1. The van der Waals surface area contributed by atoms with Gasteiger partial charge < -0.3 is 19.5 Å². The third kappa shape index (κ3) is 6.48. The van der Waals surface area contributed by atoms with Crippen LogP contribution in [-0.4, -0.2) is 17.5 Å². The Morgan fingerprint density at radius 2 is 1.81 bits per heavy atom. The minimum Gasteiger partial charge on any atom is -0.493 e. The molecule has 1 atom stereocenters. The lowest BCUT2D eigenvalue weighted by atomic mass is 10.1. The molecule has 166 valence electrons. The van der Waals surface area contributed by atoms with Gasteiger partial charge in [-0.05, 0) is 61.6 Å². The highest BCUT2D eigenvalue weighted by Crippen LogP contribution is 2.31. The van der Waals surface area contributed by atoms with Gasteiger partial charge in [-0.25, -0.2) is 4.98 Å². The lowest BCUT2D eigenvalue weighted by molar-refractivity contribution is -0.119. The topological polar surface area (TPSA) is 69.7 Å². The van der Waals surface area contributed by atoms with Crippen molar-refractivity contribution in [3.63, 3.8) is 0 Å². The van der Waals surface area contributed by atoms with E-state index in [1.54, 1.807) is 6.20 Å². The maximum atomic E-state index is 11.2. The third-order valence-electron chi connectivity index (χ3n) is 5.21. The first-order valence-electron chi connectivity index (χ1n) is 10.9. The van der Waals surface area contributed by atoms with E-state index in [-0.39, 0.29) is 11.9 Å². The maximum absolute atomic E-state index is 11.2. The lowest BCUT2D eigenvalue weighted by Gasteiger charge is -2.13. The summed E-state index contributed by atoms with van der Waals surface area (Å²) in [5.74, 6) is 3.45. The van der Waals surface area contributed by atoms with Crippen molar-refractivity contribution < 1.29 is 19.0 Å². The number of nitrogens with one attached hydrogen (secondary N) is 1. The third-order valence-corrected chi connectivity index (χ3v) is 5.21. The Kier molecular flexibility index (Phi) is 6.90. The van der Waals surface area contributed by atoms with Crippen molar-refractivity contribution in [3.05, 3.63) is 78.0 Å². The Labute approximate surface area is 188 Å². The highest BCUT2D eigenvalue weighted by Gasteiger charge is 2.21. The Hall–Kier alpha value is -3.54. The molecule has 1 N–H and O–H groups in total. The van der Waals surface area contributed by atoms with Crippen LogP contribution in [0.25, 0.3) is 0 Å². The molecule has 1 amide bonds. The number of benzene rings is 2. The molecule has 1 aliphatic carbocycles. The second-order valence-electron chi connectivity index (χ2n) is 8.12. The molecular weight excluding hydrogens is 404 g/mol. The summed E-state index contributed by atoms with van der Waals surface area (Å²) in [6.45, 7) is 4.63. The molecule has 1 saturated carbocycles. The van der Waals surface area contributed by atoms with Crippen LogP contribution in [0.3, 0.4) is 0 Å². The lowest BCUT2D eigenvalue weighted by Crippen LogP contribution is -2.23. The minimum absolute atomic E-state index is 0.0382. The molecule has 32 heavy (non-hydrogen) atoms. The van der Waals surface area contributed by atoms with Gasteiger partial charge in [-0.15, -0.1) is 0 Å². The van der Waals surface area contributed by atoms with Crippen LogP contribution in [0, 0.1) is 5.92 Å². The van der Waals surface area contributed by atoms with E-state index in [4.69, 9.17) is 14.2 Å². The Bertz CT molecular complexity index is 1030. The average Bonchev–Trinajstić information content (AvgIpc) is 3.62. The van der Waals surface area contributed by atoms with Gasteiger partial charge in [0.15, 0.2) is 0 Å².